The van der Waals surface area contributed by atoms with Gasteiger partial charge in [0.15, 0.2) is 5.82 Å². The Morgan fingerprint density at radius 2 is 2.05 bits per heavy atom. The Balaban J connectivity index is 3.00. The molecule has 1 aromatic heterocycles. The third-order valence-corrected chi connectivity index (χ3v) is 2.74. The van der Waals surface area contributed by atoms with Gasteiger partial charge in [-0.1, -0.05) is 13.8 Å². The van der Waals surface area contributed by atoms with Crippen LogP contribution in [0.25, 0.3) is 0 Å². The summed E-state index contributed by atoms with van der Waals surface area (Å²) in [6, 6.07) is -0.798. The molecule has 0 aliphatic carbocycles. The van der Waals surface area contributed by atoms with E-state index in [1.54, 1.807) is 6.20 Å². The highest BCUT2D eigenvalue weighted by Gasteiger charge is 2.20. The van der Waals surface area contributed by atoms with Crippen LogP contribution in [0.15, 0.2) is 17.2 Å². The zero-order valence-corrected chi connectivity index (χ0v) is 11.8. The standard InChI is InChI=1S/C13H21N3O3/c1-8(2)7-10(13(18)19)15-11-12(17)16(9(3)4)6-5-14-11/h5-6,8-10H,7H2,1-4H3,(H,14,15)(H,18,19). The Kier molecular flexibility index (Phi) is 5.09. The SMILES string of the molecule is CC(C)CC(Nc1nccn(C(C)C)c1=O)C(=O)O. The molecule has 19 heavy (non-hydrogen) atoms. The second kappa shape index (κ2) is 6.36. The van der Waals surface area contributed by atoms with Crippen molar-refractivity contribution in [2.45, 2.75) is 46.2 Å². The molecule has 0 bridgehead atoms. The molecular formula is C13H21N3O3. The molecule has 1 heterocycles. The van der Waals surface area contributed by atoms with E-state index in [0.29, 0.717) is 6.42 Å². The topological polar surface area (TPSA) is 84.2 Å². The quantitative estimate of drug-likeness (QED) is 0.820. The summed E-state index contributed by atoms with van der Waals surface area (Å²) in [6.45, 7) is 7.63. The second-order valence-corrected chi connectivity index (χ2v) is 5.25. The van der Waals surface area contributed by atoms with Crippen LogP contribution in [0.1, 0.15) is 40.2 Å². The summed E-state index contributed by atoms with van der Waals surface area (Å²) in [6.07, 6.45) is 3.53. The van der Waals surface area contributed by atoms with Crippen molar-refractivity contribution in [3.8, 4) is 0 Å². The predicted molar refractivity (Wildman–Crippen MR) is 73.4 cm³/mol. The third-order valence-electron chi connectivity index (χ3n) is 2.74. The average Bonchev–Trinajstić information content (AvgIpc) is 2.29. The normalized spacial score (nSPS) is 12.7. The monoisotopic (exact) mass is 267 g/mol. The van der Waals surface area contributed by atoms with Crippen molar-refractivity contribution in [3.63, 3.8) is 0 Å². The van der Waals surface area contributed by atoms with E-state index in [9.17, 15) is 9.59 Å². The van der Waals surface area contributed by atoms with Crippen LogP contribution < -0.4 is 10.9 Å². The molecule has 0 fully saturated rings. The van der Waals surface area contributed by atoms with Gasteiger partial charge in [-0.15, -0.1) is 0 Å². The Morgan fingerprint density at radius 1 is 1.42 bits per heavy atom. The van der Waals surface area contributed by atoms with E-state index in [1.165, 1.54) is 10.8 Å². The van der Waals surface area contributed by atoms with E-state index in [4.69, 9.17) is 5.11 Å². The van der Waals surface area contributed by atoms with Crippen molar-refractivity contribution in [1.29, 1.82) is 0 Å². The summed E-state index contributed by atoms with van der Waals surface area (Å²) < 4.78 is 1.52. The van der Waals surface area contributed by atoms with Crippen LogP contribution in [0.3, 0.4) is 0 Å². The summed E-state index contributed by atoms with van der Waals surface area (Å²) in [5.41, 5.74) is -0.299. The number of rotatable bonds is 6. The number of aliphatic carboxylic acids is 1. The van der Waals surface area contributed by atoms with Crippen molar-refractivity contribution in [1.82, 2.24) is 9.55 Å². The molecule has 6 nitrogen and oxygen atoms in total. The van der Waals surface area contributed by atoms with Crippen LogP contribution in [0.2, 0.25) is 0 Å². The van der Waals surface area contributed by atoms with E-state index < -0.39 is 12.0 Å². The van der Waals surface area contributed by atoms with Crippen LogP contribution >= 0.6 is 0 Å². The maximum absolute atomic E-state index is 12.1. The summed E-state index contributed by atoms with van der Waals surface area (Å²) >= 11 is 0. The van der Waals surface area contributed by atoms with Crippen molar-refractivity contribution < 1.29 is 9.90 Å². The molecule has 0 aliphatic heterocycles. The van der Waals surface area contributed by atoms with Crippen molar-refractivity contribution in [2.75, 3.05) is 5.32 Å². The Hall–Kier alpha value is -1.85. The van der Waals surface area contributed by atoms with E-state index >= 15 is 0 Å². The first-order valence-corrected chi connectivity index (χ1v) is 6.39. The van der Waals surface area contributed by atoms with Crippen LogP contribution in [-0.2, 0) is 4.79 Å². The molecule has 0 spiro atoms. The highest BCUT2D eigenvalue weighted by atomic mass is 16.4. The van der Waals surface area contributed by atoms with Crippen molar-refractivity contribution in [3.05, 3.63) is 22.7 Å². The average molecular weight is 267 g/mol. The molecule has 0 saturated carbocycles. The minimum Gasteiger partial charge on any atom is -0.480 e. The summed E-state index contributed by atoms with van der Waals surface area (Å²) in [5.74, 6) is -0.677. The van der Waals surface area contributed by atoms with Gasteiger partial charge in [0.05, 0.1) is 0 Å². The number of hydrogen-bond acceptors (Lipinski definition) is 4. The largest absolute Gasteiger partial charge is 0.480 e. The lowest BCUT2D eigenvalue weighted by Gasteiger charge is -2.17. The molecule has 106 valence electrons. The van der Waals surface area contributed by atoms with Gasteiger partial charge in [0.25, 0.3) is 5.56 Å². The molecule has 6 heteroatoms. The molecule has 0 aliphatic rings. The number of nitrogens with zero attached hydrogens (tertiary/aromatic N) is 2. The number of nitrogens with one attached hydrogen (secondary N) is 1. The van der Waals surface area contributed by atoms with Gasteiger partial charge in [-0.05, 0) is 26.2 Å². The maximum Gasteiger partial charge on any atom is 0.326 e. The molecule has 0 amide bonds. The fourth-order valence-electron chi connectivity index (χ4n) is 1.79. The maximum atomic E-state index is 12.1. The van der Waals surface area contributed by atoms with Crippen LogP contribution in [0, 0.1) is 5.92 Å². The fourth-order valence-corrected chi connectivity index (χ4v) is 1.79. The van der Waals surface area contributed by atoms with Crippen LogP contribution in [-0.4, -0.2) is 26.7 Å². The lowest BCUT2D eigenvalue weighted by Crippen LogP contribution is -2.35. The van der Waals surface area contributed by atoms with Gasteiger partial charge in [0.1, 0.15) is 6.04 Å². The summed E-state index contributed by atoms with van der Waals surface area (Å²) in [7, 11) is 0. The third kappa shape index (κ3) is 4.08. The number of aromatic nitrogens is 2. The summed E-state index contributed by atoms with van der Waals surface area (Å²) in [5, 5.41) is 11.9. The van der Waals surface area contributed by atoms with Gasteiger partial charge in [-0.25, -0.2) is 9.78 Å². The second-order valence-electron chi connectivity index (χ2n) is 5.25. The molecule has 0 saturated heterocycles. The van der Waals surface area contributed by atoms with E-state index in [1.807, 2.05) is 27.7 Å². The van der Waals surface area contributed by atoms with Gasteiger partial charge in [-0.2, -0.15) is 0 Å². The van der Waals surface area contributed by atoms with Crippen LogP contribution in [0.5, 0.6) is 0 Å². The van der Waals surface area contributed by atoms with Gasteiger partial charge in [-0.3, -0.25) is 4.79 Å². The fraction of sp³-hybridized carbons (Fsp3) is 0.615. The highest BCUT2D eigenvalue weighted by molar-refractivity contribution is 5.76. The lowest BCUT2D eigenvalue weighted by molar-refractivity contribution is -0.138. The van der Waals surface area contributed by atoms with Gasteiger partial charge < -0.3 is 15.0 Å². The first kappa shape index (κ1) is 15.2. The number of anilines is 1. The van der Waals surface area contributed by atoms with Crippen molar-refractivity contribution >= 4 is 11.8 Å². The smallest absolute Gasteiger partial charge is 0.326 e. The molecule has 1 rings (SSSR count). The lowest BCUT2D eigenvalue weighted by atomic mass is 10.0. The van der Waals surface area contributed by atoms with Gasteiger partial charge in [0, 0.05) is 18.4 Å². The van der Waals surface area contributed by atoms with Gasteiger partial charge >= 0.3 is 5.97 Å². The number of carboxylic acids is 1. The minimum atomic E-state index is -0.977. The Bertz CT molecular complexity index is 494. The zero-order chi connectivity index (χ0) is 14.6. The number of carboxylic acid groups (broad SMARTS) is 1. The molecule has 1 aromatic rings. The summed E-state index contributed by atoms with van der Waals surface area (Å²) in [4.78, 5) is 27.2. The van der Waals surface area contributed by atoms with E-state index in [2.05, 4.69) is 10.3 Å². The molecule has 1 atom stereocenters. The van der Waals surface area contributed by atoms with Crippen molar-refractivity contribution in [2.24, 2.45) is 5.92 Å². The predicted octanol–water partition coefficient (Wildman–Crippen LogP) is 1.74. The van der Waals surface area contributed by atoms with E-state index in [0.717, 1.165) is 0 Å². The minimum absolute atomic E-state index is 0.00410. The first-order chi connectivity index (χ1) is 8.82. The van der Waals surface area contributed by atoms with E-state index in [-0.39, 0.29) is 23.3 Å². The van der Waals surface area contributed by atoms with Crippen LogP contribution in [0.4, 0.5) is 5.82 Å². The van der Waals surface area contributed by atoms with Gasteiger partial charge in [0.2, 0.25) is 0 Å². The first-order valence-electron chi connectivity index (χ1n) is 6.39. The molecule has 2 N–H and O–H groups in total. The zero-order valence-electron chi connectivity index (χ0n) is 11.8. The molecule has 1 unspecified atom stereocenters. The Morgan fingerprint density at radius 3 is 2.53 bits per heavy atom. The Labute approximate surface area is 112 Å². The molecule has 0 radical (unpaired) electrons. The molecule has 0 aromatic carbocycles. The molecular weight excluding hydrogens is 246 g/mol. The highest BCUT2D eigenvalue weighted by Crippen LogP contribution is 2.09. The number of hydrogen-bond donors (Lipinski definition) is 2. The number of carbonyl (C=O) groups is 1.